The summed E-state index contributed by atoms with van der Waals surface area (Å²) in [5.74, 6) is 1.57. The van der Waals surface area contributed by atoms with Crippen molar-refractivity contribution >= 4 is 17.2 Å². The number of carbonyl (C=O) groups excluding carboxylic acids is 1. The summed E-state index contributed by atoms with van der Waals surface area (Å²) in [5, 5.41) is 1.96. The summed E-state index contributed by atoms with van der Waals surface area (Å²) in [6.45, 7) is 1.17. The van der Waals surface area contributed by atoms with Crippen molar-refractivity contribution in [2.24, 2.45) is 0 Å². The highest BCUT2D eigenvalue weighted by molar-refractivity contribution is 7.07. The molecular weight excluding hydrogens is 396 g/mol. The number of hydrogen-bond acceptors (Lipinski definition) is 5. The van der Waals surface area contributed by atoms with Crippen LogP contribution in [0.2, 0.25) is 0 Å². The van der Waals surface area contributed by atoms with Crippen molar-refractivity contribution in [1.29, 1.82) is 0 Å². The fourth-order valence-electron chi connectivity index (χ4n) is 3.87. The minimum absolute atomic E-state index is 0.0526. The third kappa shape index (κ3) is 4.82. The predicted octanol–water partition coefficient (Wildman–Crippen LogP) is 5.49. The van der Waals surface area contributed by atoms with Crippen LogP contribution >= 0.6 is 11.3 Å². The number of benzene rings is 2. The topological polar surface area (TPSA) is 51.7 Å². The lowest BCUT2D eigenvalue weighted by atomic mass is 10.00. The normalized spacial score (nSPS) is 16.7. The summed E-state index contributed by atoms with van der Waals surface area (Å²) in [4.78, 5) is 19.7. The molecule has 1 unspecified atom stereocenters. The maximum Gasteiger partial charge on any atom is 0.254 e. The van der Waals surface area contributed by atoms with Gasteiger partial charge in [0.15, 0.2) is 0 Å². The number of ether oxygens (including phenoxy) is 2. The Hall–Kier alpha value is -2.86. The summed E-state index contributed by atoms with van der Waals surface area (Å²) in [5.41, 5.74) is 4.49. The third-order valence-electron chi connectivity index (χ3n) is 5.47. The number of rotatable bonds is 6. The first-order valence-corrected chi connectivity index (χ1v) is 11.2. The zero-order chi connectivity index (χ0) is 20.8. The van der Waals surface area contributed by atoms with Gasteiger partial charge in [-0.25, -0.2) is 4.98 Å². The number of aromatic nitrogens is 1. The molecule has 1 amide bonds. The molecule has 6 heteroatoms. The first-order chi connectivity index (χ1) is 14.7. The van der Waals surface area contributed by atoms with Gasteiger partial charge in [0.25, 0.3) is 5.91 Å². The van der Waals surface area contributed by atoms with E-state index >= 15 is 0 Å². The molecule has 1 atom stereocenters. The lowest BCUT2D eigenvalue weighted by molar-refractivity contribution is 0.0680. The number of nitrogens with zero attached hydrogens (tertiary/aromatic N) is 2. The molecule has 0 N–H and O–H groups in total. The first kappa shape index (κ1) is 20.4. The van der Waals surface area contributed by atoms with Gasteiger partial charge in [-0.1, -0.05) is 31.0 Å². The Balaban J connectivity index is 1.53. The third-order valence-corrected chi connectivity index (χ3v) is 6.10. The average molecular weight is 423 g/mol. The van der Waals surface area contributed by atoms with Crippen LogP contribution in [0.3, 0.4) is 0 Å². The molecule has 2 heterocycles. The van der Waals surface area contributed by atoms with Crippen LogP contribution in [0, 0.1) is 0 Å². The fourth-order valence-corrected chi connectivity index (χ4v) is 4.42. The van der Waals surface area contributed by atoms with E-state index in [2.05, 4.69) is 17.1 Å². The van der Waals surface area contributed by atoms with E-state index in [-0.39, 0.29) is 11.9 Å². The van der Waals surface area contributed by atoms with Crippen molar-refractivity contribution < 1.29 is 14.3 Å². The lowest BCUT2D eigenvalue weighted by Crippen LogP contribution is -2.34. The van der Waals surface area contributed by atoms with Gasteiger partial charge in [-0.2, -0.15) is 0 Å². The summed E-state index contributed by atoms with van der Waals surface area (Å²) in [7, 11) is 1.67. The Labute approximate surface area is 181 Å². The second kappa shape index (κ2) is 9.76. The van der Waals surface area contributed by atoms with Crippen LogP contribution in [0.4, 0.5) is 0 Å². The van der Waals surface area contributed by atoms with Gasteiger partial charge in [0, 0.05) is 17.5 Å². The Kier molecular flexibility index (Phi) is 6.64. The Morgan fingerprint density at radius 3 is 2.77 bits per heavy atom. The Bertz CT molecular complexity index is 957. The molecule has 0 spiro atoms. The van der Waals surface area contributed by atoms with E-state index < -0.39 is 0 Å². The number of thiazole rings is 1. The molecule has 2 aromatic carbocycles. The second-order valence-electron chi connectivity index (χ2n) is 7.43. The van der Waals surface area contributed by atoms with Gasteiger partial charge in [-0.05, 0) is 48.7 Å². The number of amides is 1. The van der Waals surface area contributed by atoms with Crippen LogP contribution in [0.1, 0.15) is 53.3 Å². The highest BCUT2D eigenvalue weighted by atomic mass is 32.1. The van der Waals surface area contributed by atoms with Gasteiger partial charge >= 0.3 is 0 Å². The molecule has 3 aromatic rings. The van der Waals surface area contributed by atoms with Crippen molar-refractivity contribution in [1.82, 2.24) is 9.88 Å². The van der Waals surface area contributed by atoms with Crippen molar-refractivity contribution in [3.05, 3.63) is 76.2 Å². The predicted molar refractivity (Wildman–Crippen MR) is 118 cm³/mol. The van der Waals surface area contributed by atoms with Crippen LogP contribution in [0.25, 0.3) is 0 Å². The molecule has 30 heavy (non-hydrogen) atoms. The smallest absolute Gasteiger partial charge is 0.254 e. The SMILES string of the molecule is COc1ccc(C2CCCCCN2C(=O)c2cccc(OCc3cscn3)c2)cc1. The molecule has 5 nitrogen and oxygen atoms in total. The molecule has 1 aliphatic rings. The summed E-state index contributed by atoms with van der Waals surface area (Å²) >= 11 is 1.54. The van der Waals surface area contributed by atoms with Crippen LogP contribution < -0.4 is 9.47 Å². The highest BCUT2D eigenvalue weighted by Gasteiger charge is 2.27. The van der Waals surface area contributed by atoms with Crippen LogP contribution in [0.5, 0.6) is 11.5 Å². The Morgan fingerprint density at radius 1 is 1.13 bits per heavy atom. The standard InChI is InChI=1S/C24H26N2O3S/c1-28-21-11-9-18(10-12-21)23-8-3-2-4-13-26(23)24(27)19-6-5-7-22(14-19)29-15-20-16-30-17-25-20/h5-7,9-12,14,16-17,23H,2-4,8,13,15H2,1H3. The maximum atomic E-state index is 13.5. The van der Waals surface area contributed by atoms with Crippen LogP contribution in [0.15, 0.2) is 59.4 Å². The quantitative estimate of drug-likeness (QED) is 0.527. The van der Waals surface area contributed by atoms with Crippen molar-refractivity contribution in [3.8, 4) is 11.5 Å². The molecule has 1 aliphatic heterocycles. The summed E-state index contributed by atoms with van der Waals surface area (Å²) in [6.07, 6.45) is 4.26. The minimum atomic E-state index is 0.0526. The number of carbonyl (C=O) groups is 1. The molecule has 156 valence electrons. The zero-order valence-corrected chi connectivity index (χ0v) is 17.9. The molecule has 4 rings (SSSR count). The average Bonchev–Trinajstić information content (AvgIpc) is 3.20. The van der Waals surface area contributed by atoms with E-state index in [1.165, 1.54) is 0 Å². The van der Waals surface area contributed by atoms with Crippen LogP contribution in [-0.4, -0.2) is 29.4 Å². The summed E-state index contributed by atoms with van der Waals surface area (Å²) < 4.78 is 11.1. The van der Waals surface area contributed by atoms with E-state index in [4.69, 9.17) is 9.47 Å². The van der Waals surface area contributed by atoms with Crippen molar-refractivity contribution in [3.63, 3.8) is 0 Å². The first-order valence-electron chi connectivity index (χ1n) is 10.3. The second-order valence-corrected chi connectivity index (χ2v) is 8.15. The summed E-state index contributed by atoms with van der Waals surface area (Å²) in [6, 6.07) is 15.6. The molecule has 0 radical (unpaired) electrons. The maximum absolute atomic E-state index is 13.5. The fraction of sp³-hybridized carbons (Fsp3) is 0.333. The lowest BCUT2D eigenvalue weighted by Gasteiger charge is -2.31. The molecule has 0 bridgehead atoms. The number of hydrogen-bond donors (Lipinski definition) is 0. The van der Waals surface area contributed by atoms with E-state index in [9.17, 15) is 4.79 Å². The highest BCUT2D eigenvalue weighted by Crippen LogP contribution is 2.32. The molecule has 1 aromatic heterocycles. The van der Waals surface area contributed by atoms with E-state index in [1.54, 1.807) is 24.0 Å². The molecule has 0 aliphatic carbocycles. The number of likely N-dealkylation sites (tertiary alicyclic amines) is 1. The van der Waals surface area contributed by atoms with Gasteiger partial charge in [-0.3, -0.25) is 4.79 Å². The molecular formula is C24H26N2O3S. The zero-order valence-electron chi connectivity index (χ0n) is 17.1. The van der Waals surface area contributed by atoms with Gasteiger partial charge in [-0.15, -0.1) is 11.3 Å². The Morgan fingerprint density at radius 2 is 2.00 bits per heavy atom. The van der Waals surface area contributed by atoms with E-state index in [0.717, 1.165) is 49.2 Å². The van der Waals surface area contributed by atoms with E-state index in [0.29, 0.717) is 17.9 Å². The van der Waals surface area contributed by atoms with Gasteiger partial charge < -0.3 is 14.4 Å². The van der Waals surface area contributed by atoms with Gasteiger partial charge in [0.05, 0.1) is 24.4 Å². The van der Waals surface area contributed by atoms with Crippen LogP contribution in [-0.2, 0) is 6.61 Å². The minimum Gasteiger partial charge on any atom is -0.497 e. The van der Waals surface area contributed by atoms with Gasteiger partial charge in [0.1, 0.15) is 18.1 Å². The van der Waals surface area contributed by atoms with Gasteiger partial charge in [0.2, 0.25) is 0 Å². The molecule has 1 fully saturated rings. The molecule has 1 saturated heterocycles. The largest absolute Gasteiger partial charge is 0.497 e. The van der Waals surface area contributed by atoms with Crippen molar-refractivity contribution in [2.45, 2.75) is 38.3 Å². The number of methoxy groups -OCH3 is 1. The monoisotopic (exact) mass is 422 g/mol. The van der Waals surface area contributed by atoms with E-state index in [1.807, 2.05) is 46.7 Å². The molecule has 0 saturated carbocycles. The van der Waals surface area contributed by atoms with Crippen molar-refractivity contribution in [2.75, 3.05) is 13.7 Å².